The first-order chi connectivity index (χ1) is 8.31. The van der Waals surface area contributed by atoms with Crippen molar-refractivity contribution in [3.05, 3.63) is 53.9 Å². The maximum absolute atomic E-state index is 8.69. The van der Waals surface area contributed by atoms with Crippen molar-refractivity contribution in [2.24, 2.45) is 0 Å². The average molecular weight is 225 g/mol. The first kappa shape index (κ1) is 11.3. The number of benzene rings is 1. The molecule has 86 valence electrons. The number of nitriles is 1. The van der Waals surface area contributed by atoms with E-state index in [4.69, 9.17) is 5.26 Å². The second-order valence-corrected chi connectivity index (χ2v) is 3.89. The topological polar surface area (TPSA) is 40.8 Å². The summed E-state index contributed by atoms with van der Waals surface area (Å²) in [5.74, 6) is 0. The summed E-state index contributed by atoms with van der Waals surface area (Å²) in [5, 5.41) is 12.0. The van der Waals surface area contributed by atoms with Crippen LogP contribution in [0.15, 0.2) is 42.7 Å². The van der Waals surface area contributed by atoms with Gasteiger partial charge < -0.3 is 9.88 Å². The Morgan fingerprint density at radius 2 is 2.00 bits per heavy atom. The first-order valence-corrected chi connectivity index (χ1v) is 5.70. The Morgan fingerprint density at radius 1 is 1.24 bits per heavy atom. The fraction of sp³-hybridized carbons (Fsp3) is 0.214. The highest BCUT2D eigenvalue weighted by Gasteiger charge is 1.96. The second-order valence-electron chi connectivity index (χ2n) is 3.89. The van der Waals surface area contributed by atoms with E-state index >= 15 is 0 Å². The molecule has 3 nitrogen and oxygen atoms in total. The van der Waals surface area contributed by atoms with Crippen molar-refractivity contribution < 1.29 is 0 Å². The maximum Gasteiger partial charge on any atom is 0.0991 e. The summed E-state index contributed by atoms with van der Waals surface area (Å²) in [4.78, 5) is 0. The molecule has 17 heavy (non-hydrogen) atoms. The van der Waals surface area contributed by atoms with Crippen LogP contribution in [0.1, 0.15) is 18.1 Å². The first-order valence-electron chi connectivity index (χ1n) is 5.70. The number of hydrogen-bond acceptors (Lipinski definition) is 2. The van der Waals surface area contributed by atoms with Gasteiger partial charge in [0.1, 0.15) is 0 Å². The fourth-order valence-electron chi connectivity index (χ4n) is 1.66. The molecule has 0 unspecified atom stereocenters. The molecule has 0 saturated heterocycles. The summed E-state index contributed by atoms with van der Waals surface area (Å²) in [6.45, 7) is 3.92. The van der Waals surface area contributed by atoms with Crippen LogP contribution in [-0.2, 0) is 13.1 Å². The van der Waals surface area contributed by atoms with Gasteiger partial charge in [-0.05, 0) is 42.8 Å². The van der Waals surface area contributed by atoms with Gasteiger partial charge in [-0.1, -0.05) is 0 Å². The fourth-order valence-corrected chi connectivity index (χ4v) is 1.66. The van der Waals surface area contributed by atoms with E-state index in [1.165, 1.54) is 5.56 Å². The van der Waals surface area contributed by atoms with E-state index in [1.54, 1.807) is 0 Å². The van der Waals surface area contributed by atoms with Gasteiger partial charge in [-0.15, -0.1) is 0 Å². The van der Waals surface area contributed by atoms with Gasteiger partial charge in [0.25, 0.3) is 0 Å². The number of aryl methyl sites for hydroxylation is 1. The van der Waals surface area contributed by atoms with Gasteiger partial charge in [-0.3, -0.25) is 0 Å². The normalized spacial score (nSPS) is 9.88. The molecule has 0 spiro atoms. The van der Waals surface area contributed by atoms with Crippen LogP contribution in [-0.4, -0.2) is 4.57 Å². The second kappa shape index (κ2) is 5.22. The molecule has 0 bridgehead atoms. The highest BCUT2D eigenvalue weighted by atomic mass is 14.9. The zero-order valence-corrected chi connectivity index (χ0v) is 9.85. The summed E-state index contributed by atoms with van der Waals surface area (Å²) in [5.41, 5.74) is 2.98. The van der Waals surface area contributed by atoms with Crippen LogP contribution in [0.25, 0.3) is 0 Å². The lowest BCUT2D eigenvalue weighted by molar-refractivity contribution is 0.766. The number of aromatic nitrogens is 1. The third-order valence-corrected chi connectivity index (χ3v) is 2.69. The quantitative estimate of drug-likeness (QED) is 0.869. The Balaban J connectivity index is 1.95. The van der Waals surface area contributed by atoms with Crippen molar-refractivity contribution in [1.82, 2.24) is 4.57 Å². The Hall–Kier alpha value is -2.21. The maximum atomic E-state index is 8.69. The third-order valence-electron chi connectivity index (χ3n) is 2.69. The molecule has 0 amide bonds. The van der Waals surface area contributed by atoms with Gasteiger partial charge in [0, 0.05) is 31.2 Å². The average Bonchev–Trinajstić information content (AvgIpc) is 2.85. The van der Waals surface area contributed by atoms with Crippen LogP contribution in [0, 0.1) is 11.3 Å². The van der Waals surface area contributed by atoms with Crippen LogP contribution < -0.4 is 5.32 Å². The monoisotopic (exact) mass is 225 g/mol. The standard InChI is InChI=1S/C14H15N3/c1-2-17-8-7-13(11-17)10-16-14-5-3-12(9-15)4-6-14/h3-8,11,16H,2,10H2,1H3. The van der Waals surface area contributed by atoms with Crippen molar-refractivity contribution in [2.45, 2.75) is 20.0 Å². The molecule has 0 atom stereocenters. The van der Waals surface area contributed by atoms with Crippen molar-refractivity contribution in [2.75, 3.05) is 5.32 Å². The zero-order chi connectivity index (χ0) is 12.1. The molecule has 1 aromatic heterocycles. The van der Waals surface area contributed by atoms with Crippen molar-refractivity contribution in [3.8, 4) is 6.07 Å². The minimum Gasteiger partial charge on any atom is -0.381 e. The molecule has 0 fully saturated rings. The van der Waals surface area contributed by atoms with Crippen molar-refractivity contribution in [3.63, 3.8) is 0 Å². The van der Waals surface area contributed by atoms with E-state index in [9.17, 15) is 0 Å². The predicted octanol–water partition coefficient (Wildman–Crippen LogP) is 2.99. The molecule has 2 aromatic rings. The lowest BCUT2D eigenvalue weighted by Crippen LogP contribution is -1.98. The molecule has 0 aliphatic carbocycles. The van der Waals surface area contributed by atoms with E-state index in [-0.39, 0.29) is 0 Å². The Bertz CT molecular complexity index is 517. The van der Waals surface area contributed by atoms with Gasteiger partial charge in [0.05, 0.1) is 11.6 Å². The number of nitrogens with zero attached hydrogens (tertiary/aromatic N) is 2. The van der Waals surface area contributed by atoms with Crippen LogP contribution in [0.4, 0.5) is 5.69 Å². The van der Waals surface area contributed by atoms with Gasteiger partial charge in [0.15, 0.2) is 0 Å². The summed E-state index contributed by atoms with van der Waals surface area (Å²) < 4.78 is 2.15. The number of rotatable bonds is 4. The Morgan fingerprint density at radius 3 is 2.59 bits per heavy atom. The van der Waals surface area contributed by atoms with E-state index in [0.717, 1.165) is 18.8 Å². The number of nitrogens with one attached hydrogen (secondary N) is 1. The molecule has 1 aromatic carbocycles. The minimum absolute atomic E-state index is 0.688. The van der Waals surface area contributed by atoms with Gasteiger partial charge in [-0.25, -0.2) is 0 Å². The molecular weight excluding hydrogens is 210 g/mol. The van der Waals surface area contributed by atoms with Gasteiger partial charge >= 0.3 is 0 Å². The highest BCUT2D eigenvalue weighted by Crippen LogP contribution is 2.11. The van der Waals surface area contributed by atoms with E-state index in [2.05, 4.69) is 41.3 Å². The van der Waals surface area contributed by atoms with Crippen LogP contribution in [0.3, 0.4) is 0 Å². The number of hydrogen-bond donors (Lipinski definition) is 1. The summed E-state index contributed by atoms with van der Waals surface area (Å²) in [7, 11) is 0. The van der Waals surface area contributed by atoms with E-state index in [1.807, 2.05) is 24.3 Å². The molecule has 2 rings (SSSR count). The van der Waals surface area contributed by atoms with Crippen LogP contribution in [0.2, 0.25) is 0 Å². The molecule has 1 heterocycles. The summed E-state index contributed by atoms with van der Waals surface area (Å²) in [6.07, 6.45) is 4.21. The zero-order valence-electron chi connectivity index (χ0n) is 9.85. The Labute approximate surface area is 101 Å². The molecular formula is C14H15N3. The van der Waals surface area contributed by atoms with Crippen LogP contribution >= 0.6 is 0 Å². The van der Waals surface area contributed by atoms with E-state index < -0.39 is 0 Å². The molecule has 3 heteroatoms. The van der Waals surface area contributed by atoms with Crippen molar-refractivity contribution in [1.29, 1.82) is 5.26 Å². The van der Waals surface area contributed by atoms with Gasteiger partial charge in [0.2, 0.25) is 0 Å². The molecule has 0 saturated carbocycles. The summed E-state index contributed by atoms with van der Waals surface area (Å²) in [6, 6.07) is 11.7. The number of anilines is 1. The third kappa shape index (κ3) is 2.88. The Kier molecular flexibility index (Phi) is 3.46. The van der Waals surface area contributed by atoms with Gasteiger partial charge in [-0.2, -0.15) is 5.26 Å². The predicted molar refractivity (Wildman–Crippen MR) is 68.6 cm³/mol. The minimum atomic E-state index is 0.688. The highest BCUT2D eigenvalue weighted by molar-refractivity contribution is 5.47. The molecule has 0 aliphatic rings. The molecule has 0 radical (unpaired) electrons. The largest absolute Gasteiger partial charge is 0.381 e. The van der Waals surface area contributed by atoms with Crippen molar-refractivity contribution >= 4 is 5.69 Å². The molecule has 1 N–H and O–H groups in total. The lowest BCUT2D eigenvalue weighted by Gasteiger charge is -2.04. The summed E-state index contributed by atoms with van der Waals surface area (Å²) >= 11 is 0. The molecule has 0 aliphatic heterocycles. The smallest absolute Gasteiger partial charge is 0.0991 e. The van der Waals surface area contributed by atoms with Crippen LogP contribution in [0.5, 0.6) is 0 Å². The van der Waals surface area contributed by atoms with E-state index in [0.29, 0.717) is 5.56 Å². The SMILES string of the molecule is CCn1ccc(CNc2ccc(C#N)cc2)c1. The lowest BCUT2D eigenvalue weighted by atomic mass is 10.2.